The first-order valence-electron chi connectivity index (χ1n) is 8.26. The summed E-state index contributed by atoms with van der Waals surface area (Å²) in [4.78, 5) is 27.6. The molecule has 151 valence electrons. The maximum absolute atomic E-state index is 11.4. The second-order valence-corrected chi connectivity index (χ2v) is 7.98. The van der Waals surface area contributed by atoms with E-state index < -0.39 is 36.6 Å². The molecule has 1 fully saturated rings. The number of carbonyl (C=O) groups is 1. The molecule has 3 rings (SSSR count). The Balaban J connectivity index is 1.86. The molecule has 0 spiro atoms. The van der Waals surface area contributed by atoms with Gasteiger partial charge in [0.1, 0.15) is 0 Å². The van der Waals surface area contributed by atoms with Gasteiger partial charge in [-0.15, -0.1) is 0 Å². The Kier molecular flexibility index (Phi) is 6.53. The van der Waals surface area contributed by atoms with Gasteiger partial charge in [-0.1, -0.05) is 0 Å². The zero-order valence-electron chi connectivity index (χ0n) is 14.7. The van der Waals surface area contributed by atoms with E-state index in [9.17, 15) is 20.1 Å². The quantitative estimate of drug-likeness (QED) is 0.282. The van der Waals surface area contributed by atoms with Gasteiger partial charge in [-0.2, -0.15) is 0 Å². The number of fused-ring (bicyclic) bond motifs is 1. The summed E-state index contributed by atoms with van der Waals surface area (Å²) in [7, 11) is 0. The molecule has 1 aliphatic rings. The van der Waals surface area contributed by atoms with Gasteiger partial charge in [0.15, 0.2) is 0 Å². The van der Waals surface area contributed by atoms with Gasteiger partial charge < -0.3 is 0 Å². The van der Waals surface area contributed by atoms with Crippen LogP contribution in [0.2, 0.25) is 0 Å². The van der Waals surface area contributed by atoms with Crippen molar-refractivity contribution in [2.24, 2.45) is 4.99 Å². The molecular formula is C15H19N6O5SSe. The number of aromatic nitrogens is 4. The zero-order chi connectivity index (χ0) is 20.4. The first kappa shape index (κ1) is 21.0. The number of aliphatic imine (C=N–C) groups is 1. The van der Waals surface area contributed by atoms with E-state index in [-0.39, 0.29) is 10.4 Å². The third kappa shape index (κ3) is 4.00. The summed E-state index contributed by atoms with van der Waals surface area (Å²) in [5.41, 5.74) is 6.45. The average molecular weight is 474 g/mol. The molecule has 11 nitrogen and oxygen atoms in total. The molecule has 0 saturated carbocycles. The second-order valence-electron chi connectivity index (χ2n) is 6.11. The van der Waals surface area contributed by atoms with Crippen molar-refractivity contribution in [1.29, 1.82) is 0 Å². The minimum absolute atomic E-state index is 0.168. The Morgan fingerprint density at radius 1 is 1.43 bits per heavy atom. The number of rotatable bonds is 7. The van der Waals surface area contributed by atoms with Gasteiger partial charge in [0.2, 0.25) is 0 Å². The first-order valence-corrected chi connectivity index (χ1v) is 10.5. The minimum atomic E-state index is -1.32. The van der Waals surface area contributed by atoms with Gasteiger partial charge in [0.25, 0.3) is 0 Å². The van der Waals surface area contributed by atoms with Crippen molar-refractivity contribution in [2.45, 2.75) is 37.0 Å². The van der Waals surface area contributed by atoms with Crippen molar-refractivity contribution in [3.05, 3.63) is 12.7 Å². The molecule has 0 aromatic carbocycles. The van der Waals surface area contributed by atoms with Crippen molar-refractivity contribution >= 4 is 55.3 Å². The van der Waals surface area contributed by atoms with Crippen LogP contribution in [0.1, 0.15) is 12.6 Å². The normalized spacial score (nSPS) is 26.6. The van der Waals surface area contributed by atoms with Gasteiger partial charge in [-0.25, -0.2) is 0 Å². The van der Waals surface area contributed by atoms with E-state index in [0.29, 0.717) is 23.3 Å². The van der Waals surface area contributed by atoms with Crippen LogP contribution >= 0.6 is 11.8 Å². The van der Waals surface area contributed by atoms with E-state index in [2.05, 4.69) is 36.0 Å². The summed E-state index contributed by atoms with van der Waals surface area (Å²) in [5, 5.41) is 30.2. The van der Waals surface area contributed by atoms with Crippen molar-refractivity contribution in [3.8, 4) is 0 Å². The predicted octanol–water partition coefficient (Wildman–Crippen LogP) is -1.20. The third-order valence-electron chi connectivity index (χ3n) is 4.31. The number of nitrogens with zero attached hydrogens (tertiary/aromatic N) is 5. The van der Waals surface area contributed by atoms with Crippen LogP contribution in [0.3, 0.4) is 0 Å². The molecule has 2 aromatic heterocycles. The number of nitrogen functional groups attached to an aromatic ring is 1. The number of hydrogen-bond acceptors (Lipinski definition) is 10. The molecule has 28 heavy (non-hydrogen) atoms. The molecule has 0 unspecified atom stereocenters. The number of hydrogen-bond donors (Lipinski definition) is 4. The predicted molar refractivity (Wildman–Crippen MR) is 103 cm³/mol. The van der Waals surface area contributed by atoms with Gasteiger partial charge >= 0.3 is 172 Å². The van der Waals surface area contributed by atoms with E-state index >= 15 is 0 Å². The van der Waals surface area contributed by atoms with Crippen LogP contribution in [-0.4, -0.2) is 97.8 Å². The van der Waals surface area contributed by atoms with Gasteiger partial charge in [-0.05, 0) is 0 Å². The zero-order valence-corrected chi connectivity index (χ0v) is 17.3. The van der Waals surface area contributed by atoms with Crippen LogP contribution in [0.15, 0.2) is 17.6 Å². The molecule has 2 aromatic rings. The number of carboxylic acid groups (broad SMARTS) is 1. The summed E-state index contributed by atoms with van der Waals surface area (Å²) in [6, 6.07) is -0.975. The fraction of sp³-hybridized carbons (Fsp3) is 0.533. The van der Waals surface area contributed by atoms with Crippen LogP contribution in [0.4, 0.5) is 5.82 Å². The van der Waals surface area contributed by atoms with Gasteiger partial charge in [0.05, 0.1) is 0 Å². The molecule has 0 aliphatic carbocycles. The third-order valence-corrected chi connectivity index (χ3v) is 5.66. The van der Waals surface area contributed by atoms with Gasteiger partial charge in [-0.3, -0.25) is 0 Å². The van der Waals surface area contributed by atoms with Crippen molar-refractivity contribution in [3.63, 3.8) is 0 Å². The number of nitrogens with two attached hydrogens (primary N) is 1. The van der Waals surface area contributed by atoms with Gasteiger partial charge in [0, 0.05) is 0 Å². The molecule has 1 aliphatic heterocycles. The van der Waals surface area contributed by atoms with Crippen LogP contribution in [0.5, 0.6) is 0 Å². The number of aliphatic carboxylic acids is 1. The Hall–Kier alpha value is -1.76. The average Bonchev–Trinajstić information content (AvgIpc) is 3.21. The number of aliphatic hydroxyl groups excluding tert-OH is 2. The SMILES string of the molecule is CSCC[C@H](N=C([Se])[C@H]1O[C@@H](n2cnc3c(N)ncnc32)[C@H](O)[C@@H]1O)C(=O)O. The molecule has 13 heteroatoms. The van der Waals surface area contributed by atoms with Crippen LogP contribution in [-0.2, 0) is 9.53 Å². The van der Waals surface area contributed by atoms with E-state index in [1.165, 1.54) is 29.0 Å². The molecule has 5 N–H and O–H groups in total. The molecule has 5 atom stereocenters. The summed E-state index contributed by atoms with van der Waals surface area (Å²) < 4.78 is 7.40. The molecule has 0 bridgehead atoms. The fourth-order valence-electron chi connectivity index (χ4n) is 2.85. The fourth-order valence-corrected chi connectivity index (χ4v) is 3.98. The first-order chi connectivity index (χ1) is 13.3. The van der Waals surface area contributed by atoms with Crippen molar-refractivity contribution in [2.75, 3.05) is 17.7 Å². The summed E-state index contributed by atoms with van der Waals surface area (Å²) in [6.07, 6.45) is 0.183. The molecule has 1 radical (unpaired) electrons. The van der Waals surface area contributed by atoms with Crippen molar-refractivity contribution in [1.82, 2.24) is 19.5 Å². The summed E-state index contributed by atoms with van der Waals surface area (Å²) in [6.45, 7) is 0. The summed E-state index contributed by atoms with van der Waals surface area (Å²) in [5.74, 6) is -0.272. The van der Waals surface area contributed by atoms with E-state index in [0.717, 1.165) is 0 Å². The Morgan fingerprint density at radius 3 is 2.86 bits per heavy atom. The van der Waals surface area contributed by atoms with Crippen LogP contribution < -0.4 is 5.73 Å². The van der Waals surface area contributed by atoms with Crippen molar-refractivity contribution < 1.29 is 24.9 Å². The number of imidazole rings is 1. The molecule has 0 amide bonds. The summed E-state index contributed by atoms with van der Waals surface area (Å²) >= 11 is 4.17. The van der Waals surface area contributed by atoms with E-state index in [1.54, 1.807) is 0 Å². The number of aliphatic hydroxyl groups is 2. The van der Waals surface area contributed by atoms with E-state index in [4.69, 9.17) is 10.5 Å². The number of anilines is 1. The van der Waals surface area contributed by atoms with Crippen LogP contribution in [0, 0.1) is 0 Å². The molecular weight excluding hydrogens is 455 g/mol. The van der Waals surface area contributed by atoms with Crippen LogP contribution in [0.25, 0.3) is 11.2 Å². The number of ether oxygens (including phenoxy) is 1. The monoisotopic (exact) mass is 475 g/mol. The topological polar surface area (TPSA) is 169 Å². The standard InChI is InChI=1S/C15H19N6O5SSe/c1-27-3-2-6(15(24)25)20-13(28)10-8(22)9(23)14(26-10)21-5-19-7-11(16)17-4-18-12(7)21/h4-6,8-10,14,22-23H,2-3H2,1H3,(H,24,25)(H2,16,17,18)/t6-,8-,9+,10-,14+/m0/s1. The van der Waals surface area contributed by atoms with E-state index in [1.807, 2.05) is 6.26 Å². The number of thioether (sulfide) groups is 1. The Bertz CT molecular complexity index is 895. The maximum atomic E-state index is 11.4. The molecule has 1 saturated heterocycles. The number of carboxylic acids is 1. The Morgan fingerprint density at radius 2 is 2.18 bits per heavy atom. The molecule has 3 heterocycles. The Labute approximate surface area is 172 Å². The second kappa shape index (κ2) is 8.72.